The van der Waals surface area contributed by atoms with E-state index in [-0.39, 0.29) is 0 Å². The second-order valence-corrected chi connectivity index (χ2v) is 5.36. The standard InChI is InChI=1S/C18H32O2/c1-2-3-4-5-6-7-8-9-10-11-12-13-14-15-16-17-18(19)20/h4-5,9-10H,2-3,6-8,11-17H2,1H3,(H,19,20)/b5-4+,10-9-. The number of carbonyl (C=O) groups is 1. The molecule has 2 nitrogen and oxygen atoms in total. The van der Waals surface area contributed by atoms with E-state index in [1.54, 1.807) is 0 Å². The molecule has 0 heterocycles. The molecule has 0 aliphatic rings. The summed E-state index contributed by atoms with van der Waals surface area (Å²) in [5.41, 5.74) is 0. The summed E-state index contributed by atoms with van der Waals surface area (Å²) in [4.78, 5) is 10.3. The molecule has 0 aliphatic heterocycles. The van der Waals surface area contributed by atoms with Crippen molar-refractivity contribution in [2.45, 2.75) is 84.0 Å². The van der Waals surface area contributed by atoms with Crippen molar-refractivity contribution in [3.8, 4) is 0 Å². The molecule has 0 saturated carbocycles. The van der Waals surface area contributed by atoms with E-state index >= 15 is 0 Å². The van der Waals surface area contributed by atoms with Crippen molar-refractivity contribution in [3.05, 3.63) is 24.3 Å². The molecule has 116 valence electrons. The summed E-state index contributed by atoms with van der Waals surface area (Å²) in [6.07, 6.45) is 22.3. The van der Waals surface area contributed by atoms with Crippen LogP contribution >= 0.6 is 0 Å². The van der Waals surface area contributed by atoms with Gasteiger partial charge in [-0.05, 0) is 44.9 Å². The molecule has 0 fully saturated rings. The Kier molecular flexibility index (Phi) is 15.2. The Balaban J connectivity index is 3.14. The van der Waals surface area contributed by atoms with Crippen LogP contribution in [-0.2, 0) is 4.79 Å². The third-order valence-electron chi connectivity index (χ3n) is 3.29. The number of rotatable bonds is 14. The van der Waals surface area contributed by atoms with Crippen LogP contribution < -0.4 is 0 Å². The van der Waals surface area contributed by atoms with Crippen molar-refractivity contribution in [3.63, 3.8) is 0 Å². The van der Waals surface area contributed by atoms with Crippen molar-refractivity contribution < 1.29 is 9.90 Å². The zero-order valence-electron chi connectivity index (χ0n) is 13.2. The lowest BCUT2D eigenvalue weighted by molar-refractivity contribution is -0.137. The molecular formula is C18H32O2. The van der Waals surface area contributed by atoms with Gasteiger partial charge in [0.15, 0.2) is 0 Å². The van der Waals surface area contributed by atoms with Crippen LogP contribution in [0.1, 0.15) is 84.0 Å². The third kappa shape index (κ3) is 16.9. The van der Waals surface area contributed by atoms with E-state index in [2.05, 4.69) is 31.2 Å². The summed E-state index contributed by atoms with van der Waals surface area (Å²) >= 11 is 0. The molecule has 0 saturated heterocycles. The van der Waals surface area contributed by atoms with E-state index in [1.807, 2.05) is 0 Å². The highest BCUT2D eigenvalue weighted by Gasteiger charge is 1.95. The van der Waals surface area contributed by atoms with Crippen molar-refractivity contribution in [2.75, 3.05) is 0 Å². The minimum atomic E-state index is -0.669. The monoisotopic (exact) mass is 280 g/mol. The van der Waals surface area contributed by atoms with Gasteiger partial charge in [-0.25, -0.2) is 0 Å². The Morgan fingerprint density at radius 3 is 1.85 bits per heavy atom. The van der Waals surface area contributed by atoms with Crippen LogP contribution in [0.15, 0.2) is 24.3 Å². The Hall–Kier alpha value is -1.05. The van der Waals surface area contributed by atoms with Crippen LogP contribution in [0.5, 0.6) is 0 Å². The lowest BCUT2D eigenvalue weighted by atomic mass is 10.1. The highest BCUT2D eigenvalue weighted by atomic mass is 16.4. The number of carboxylic acid groups (broad SMARTS) is 1. The van der Waals surface area contributed by atoms with Gasteiger partial charge >= 0.3 is 5.97 Å². The number of hydrogen-bond acceptors (Lipinski definition) is 1. The Morgan fingerprint density at radius 1 is 0.750 bits per heavy atom. The number of aliphatic carboxylic acids is 1. The molecule has 0 aromatic heterocycles. The fourth-order valence-electron chi connectivity index (χ4n) is 2.06. The van der Waals surface area contributed by atoms with E-state index in [0.29, 0.717) is 6.42 Å². The molecular weight excluding hydrogens is 248 g/mol. The van der Waals surface area contributed by atoms with Gasteiger partial charge in [-0.2, -0.15) is 0 Å². The van der Waals surface area contributed by atoms with Gasteiger partial charge in [-0.15, -0.1) is 0 Å². The predicted molar refractivity (Wildman–Crippen MR) is 87.0 cm³/mol. The lowest BCUT2D eigenvalue weighted by Gasteiger charge is -1.98. The van der Waals surface area contributed by atoms with Crippen LogP contribution in [0.4, 0.5) is 0 Å². The Morgan fingerprint density at radius 2 is 1.25 bits per heavy atom. The van der Waals surface area contributed by atoms with Crippen LogP contribution in [0.3, 0.4) is 0 Å². The smallest absolute Gasteiger partial charge is 0.303 e. The average Bonchev–Trinajstić information content (AvgIpc) is 2.43. The van der Waals surface area contributed by atoms with Gasteiger partial charge in [-0.3, -0.25) is 4.79 Å². The van der Waals surface area contributed by atoms with Gasteiger partial charge < -0.3 is 5.11 Å². The van der Waals surface area contributed by atoms with Crippen molar-refractivity contribution in [1.29, 1.82) is 0 Å². The minimum absolute atomic E-state index is 0.326. The van der Waals surface area contributed by atoms with E-state index in [1.165, 1.54) is 57.8 Å². The fourth-order valence-corrected chi connectivity index (χ4v) is 2.06. The van der Waals surface area contributed by atoms with Crippen molar-refractivity contribution in [1.82, 2.24) is 0 Å². The zero-order chi connectivity index (χ0) is 14.9. The SMILES string of the molecule is CCC/C=C/CCC/C=C\CCCCCCCC(=O)O. The van der Waals surface area contributed by atoms with Crippen molar-refractivity contribution >= 4 is 5.97 Å². The number of unbranched alkanes of at least 4 members (excludes halogenated alkanes) is 8. The summed E-state index contributed by atoms with van der Waals surface area (Å²) in [6, 6.07) is 0. The minimum Gasteiger partial charge on any atom is -0.481 e. The summed E-state index contributed by atoms with van der Waals surface area (Å²) in [7, 11) is 0. The molecule has 0 radical (unpaired) electrons. The predicted octanol–water partition coefficient (Wildman–Crippen LogP) is 5.88. The third-order valence-corrected chi connectivity index (χ3v) is 3.29. The first-order valence-electron chi connectivity index (χ1n) is 8.29. The van der Waals surface area contributed by atoms with Gasteiger partial charge in [0.05, 0.1) is 0 Å². The Bertz CT molecular complexity index is 267. The van der Waals surface area contributed by atoms with E-state index < -0.39 is 5.97 Å². The molecule has 1 N–H and O–H groups in total. The molecule has 0 amide bonds. The maximum atomic E-state index is 10.3. The highest BCUT2D eigenvalue weighted by Crippen LogP contribution is 2.08. The molecule has 0 aliphatic carbocycles. The number of allylic oxidation sites excluding steroid dienone is 4. The summed E-state index contributed by atoms with van der Waals surface area (Å²) in [5.74, 6) is -0.669. The van der Waals surface area contributed by atoms with Gasteiger partial charge in [0.1, 0.15) is 0 Å². The quantitative estimate of drug-likeness (QED) is 0.318. The number of carboxylic acids is 1. The maximum absolute atomic E-state index is 10.3. The maximum Gasteiger partial charge on any atom is 0.303 e. The molecule has 0 bridgehead atoms. The molecule has 0 aromatic rings. The second-order valence-electron chi connectivity index (χ2n) is 5.36. The van der Waals surface area contributed by atoms with Crippen LogP contribution in [0.25, 0.3) is 0 Å². The first-order chi connectivity index (χ1) is 9.77. The summed E-state index contributed by atoms with van der Waals surface area (Å²) < 4.78 is 0. The van der Waals surface area contributed by atoms with E-state index in [0.717, 1.165) is 12.8 Å². The first-order valence-corrected chi connectivity index (χ1v) is 8.29. The van der Waals surface area contributed by atoms with Gasteiger partial charge in [0.2, 0.25) is 0 Å². The van der Waals surface area contributed by atoms with Gasteiger partial charge in [-0.1, -0.05) is 56.9 Å². The lowest BCUT2D eigenvalue weighted by Crippen LogP contribution is -1.93. The average molecular weight is 280 g/mol. The Labute approximate surface area is 125 Å². The first kappa shape index (κ1) is 18.9. The largest absolute Gasteiger partial charge is 0.481 e. The topological polar surface area (TPSA) is 37.3 Å². The van der Waals surface area contributed by atoms with Gasteiger partial charge in [0, 0.05) is 6.42 Å². The molecule has 2 heteroatoms. The van der Waals surface area contributed by atoms with E-state index in [4.69, 9.17) is 5.11 Å². The van der Waals surface area contributed by atoms with Crippen LogP contribution in [0.2, 0.25) is 0 Å². The van der Waals surface area contributed by atoms with Gasteiger partial charge in [0.25, 0.3) is 0 Å². The van der Waals surface area contributed by atoms with Crippen LogP contribution in [0, 0.1) is 0 Å². The second kappa shape index (κ2) is 16.0. The fraction of sp³-hybridized carbons (Fsp3) is 0.722. The normalized spacial score (nSPS) is 11.7. The summed E-state index contributed by atoms with van der Waals surface area (Å²) in [5, 5.41) is 8.50. The molecule has 0 atom stereocenters. The molecule has 0 unspecified atom stereocenters. The van der Waals surface area contributed by atoms with E-state index in [9.17, 15) is 4.79 Å². The molecule has 0 rings (SSSR count). The highest BCUT2D eigenvalue weighted by molar-refractivity contribution is 5.66. The molecule has 0 aromatic carbocycles. The number of hydrogen-bond donors (Lipinski definition) is 1. The van der Waals surface area contributed by atoms with Crippen LogP contribution in [-0.4, -0.2) is 11.1 Å². The van der Waals surface area contributed by atoms with Crippen molar-refractivity contribution in [2.24, 2.45) is 0 Å². The summed E-state index contributed by atoms with van der Waals surface area (Å²) in [6.45, 7) is 2.21. The zero-order valence-corrected chi connectivity index (χ0v) is 13.2. The molecule has 20 heavy (non-hydrogen) atoms. The molecule has 0 spiro atoms.